The molecule has 0 saturated carbocycles. The monoisotopic (exact) mass is 509 g/mol. The SMILES string of the molecule is CC(=O)OCC1OC(OC(C)=O)C(NC(=O)c2ccccc2OC(C)=O)C(OC(C)=O)C1OC(C)=O. The molecule has 1 aromatic rings. The second-order valence-electron chi connectivity index (χ2n) is 7.69. The largest absolute Gasteiger partial charge is 0.463 e. The van der Waals surface area contributed by atoms with E-state index in [0.29, 0.717) is 0 Å². The van der Waals surface area contributed by atoms with E-state index in [2.05, 4.69) is 5.32 Å². The second-order valence-corrected chi connectivity index (χ2v) is 7.69. The Kier molecular flexibility index (Phi) is 9.91. The van der Waals surface area contributed by atoms with Gasteiger partial charge in [-0.05, 0) is 12.1 Å². The Morgan fingerprint density at radius 3 is 1.92 bits per heavy atom. The number of amides is 1. The first-order valence-corrected chi connectivity index (χ1v) is 10.8. The van der Waals surface area contributed by atoms with E-state index in [4.69, 9.17) is 28.4 Å². The van der Waals surface area contributed by atoms with Gasteiger partial charge in [0.1, 0.15) is 24.5 Å². The van der Waals surface area contributed by atoms with Gasteiger partial charge in [-0.2, -0.15) is 0 Å². The minimum Gasteiger partial charge on any atom is -0.463 e. The lowest BCUT2D eigenvalue weighted by Crippen LogP contribution is -2.67. The minimum absolute atomic E-state index is 0.0587. The van der Waals surface area contributed by atoms with Crippen LogP contribution < -0.4 is 10.1 Å². The first kappa shape index (κ1) is 28.2. The van der Waals surface area contributed by atoms with Gasteiger partial charge in [-0.1, -0.05) is 12.1 Å². The summed E-state index contributed by atoms with van der Waals surface area (Å²) in [4.78, 5) is 71.6. The van der Waals surface area contributed by atoms with Crippen LogP contribution in [0.4, 0.5) is 0 Å². The Bertz CT molecular complexity index is 1020. The van der Waals surface area contributed by atoms with Crippen LogP contribution in [-0.2, 0) is 47.7 Å². The van der Waals surface area contributed by atoms with Crippen molar-refractivity contribution in [2.24, 2.45) is 0 Å². The highest BCUT2D eigenvalue weighted by molar-refractivity contribution is 5.97. The molecule has 5 atom stereocenters. The van der Waals surface area contributed by atoms with Crippen LogP contribution in [0.25, 0.3) is 0 Å². The smallest absolute Gasteiger partial charge is 0.308 e. The summed E-state index contributed by atoms with van der Waals surface area (Å²) in [6.45, 7) is 5.10. The summed E-state index contributed by atoms with van der Waals surface area (Å²) in [5.41, 5.74) is -0.0677. The molecule has 196 valence electrons. The van der Waals surface area contributed by atoms with Crippen LogP contribution in [0, 0.1) is 0 Å². The third kappa shape index (κ3) is 8.05. The molecular formula is C23H27NO12. The molecule has 1 saturated heterocycles. The molecule has 13 nitrogen and oxygen atoms in total. The molecule has 0 spiro atoms. The van der Waals surface area contributed by atoms with E-state index in [9.17, 15) is 28.8 Å². The molecule has 1 aliphatic heterocycles. The van der Waals surface area contributed by atoms with E-state index in [1.807, 2.05) is 0 Å². The van der Waals surface area contributed by atoms with Gasteiger partial charge in [0.25, 0.3) is 5.91 Å². The number of hydrogen-bond acceptors (Lipinski definition) is 12. The van der Waals surface area contributed by atoms with Crippen molar-refractivity contribution in [3.05, 3.63) is 29.8 Å². The summed E-state index contributed by atoms with van der Waals surface area (Å²) in [7, 11) is 0. The van der Waals surface area contributed by atoms with E-state index < -0.39 is 73.0 Å². The fourth-order valence-corrected chi connectivity index (χ4v) is 3.45. The van der Waals surface area contributed by atoms with E-state index in [-0.39, 0.29) is 11.3 Å². The quantitative estimate of drug-likeness (QED) is 0.292. The molecule has 1 heterocycles. The molecule has 0 aliphatic carbocycles. The number of carbonyl (C=O) groups is 6. The van der Waals surface area contributed by atoms with Gasteiger partial charge in [0.15, 0.2) is 12.2 Å². The molecule has 1 N–H and O–H groups in total. The summed E-state index contributed by atoms with van der Waals surface area (Å²) in [5, 5.41) is 2.54. The van der Waals surface area contributed by atoms with Gasteiger partial charge in [-0.25, -0.2) is 0 Å². The summed E-state index contributed by atoms with van der Waals surface area (Å²) in [6, 6.07) is 4.42. The fraction of sp³-hybridized carbons (Fsp3) is 0.478. The Morgan fingerprint density at radius 2 is 1.36 bits per heavy atom. The number of nitrogens with one attached hydrogen (secondary N) is 1. The van der Waals surface area contributed by atoms with Crippen LogP contribution in [0.2, 0.25) is 0 Å². The number of hydrogen-bond donors (Lipinski definition) is 1. The third-order valence-corrected chi connectivity index (χ3v) is 4.67. The van der Waals surface area contributed by atoms with Gasteiger partial charge in [0.05, 0.1) is 5.56 Å². The number of esters is 5. The van der Waals surface area contributed by atoms with Gasteiger partial charge in [-0.15, -0.1) is 0 Å². The van der Waals surface area contributed by atoms with Crippen molar-refractivity contribution in [3.63, 3.8) is 0 Å². The number of para-hydroxylation sites is 1. The Morgan fingerprint density at radius 1 is 0.778 bits per heavy atom. The van der Waals surface area contributed by atoms with Crippen LogP contribution in [0.15, 0.2) is 24.3 Å². The lowest BCUT2D eigenvalue weighted by Gasteiger charge is -2.44. The summed E-state index contributed by atoms with van der Waals surface area (Å²) in [5.74, 6) is -4.62. The van der Waals surface area contributed by atoms with E-state index >= 15 is 0 Å². The molecule has 1 aliphatic rings. The molecule has 5 unspecified atom stereocenters. The predicted octanol–water partition coefficient (Wildman–Crippen LogP) is 0.425. The molecule has 1 fully saturated rings. The third-order valence-electron chi connectivity index (χ3n) is 4.67. The molecule has 0 bridgehead atoms. The second kappa shape index (κ2) is 12.6. The maximum absolute atomic E-state index is 13.2. The fourth-order valence-electron chi connectivity index (χ4n) is 3.45. The van der Waals surface area contributed by atoms with Crippen molar-refractivity contribution in [2.45, 2.75) is 65.3 Å². The first-order chi connectivity index (χ1) is 16.9. The molecule has 2 rings (SSSR count). The van der Waals surface area contributed by atoms with E-state index in [0.717, 1.165) is 34.6 Å². The van der Waals surface area contributed by atoms with Crippen molar-refractivity contribution in [3.8, 4) is 5.75 Å². The maximum Gasteiger partial charge on any atom is 0.308 e. The van der Waals surface area contributed by atoms with Crippen LogP contribution in [0.3, 0.4) is 0 Å². The van der Waals surface area contributed by atoms with Crippen LogP contribution >= 0.6 is 0 Å². The van der Waals surface area contributed by atoms with Crippen LogP contribution in [0.1, 0.15) is 45.0 Å². The van der Waals surface area contributed by atoms with Crippen LogP contribution in [-0.4, -0.2) is 73.0 Å². The molecule has 13 heteroatoms. The zero-order valence-corrected chi connectivity index (χ0v) is 20.3. The Labute approximate surface area is 206 Å². The van der Waals surface area contributed by atoms with Gasteiger partial charge in [-0.3, -0.25) is 28.8 Å². The van der Waals surface area contributed by atoms with E-state index in [1.165, 1.54) is 18.2 Å². The van der Waals surface area contributed by atoms with Crippen molar-refractivity contribution in [1.82, 2.24) is 5.32 Å². The number of benzene rings is 1. The first-order valence-electron chi connectivity index (χ1n) is 10.8. The zero-order valence-electron chi connectivity index (χ0n) is 20.3. The number of ether oxygens (including phenoxy) is 6. The maximum atomic E-state index is 13.2. The van der Waals surface area contributed by atoms with Crippen molar-refractivity contribution in [2.75, 3.05) is 6.61 Å². The van der Waals surface area contributed by atoms with Crippen molar-refractivity contribution < 1.29 is 57.2 Å². The van der Waals surface area contributed by atoms with Crippen LogP contribution in [0.5, 0.6) is 5.75 Å². The standard InChI is InChI=1S/C23H27NO12/c1-11(25)31-10-18-20(33-13(3)27)21(34-14(4)28)19(23(36-18)35-15(5)29)24-22(30)16-8-6-7-9-17(16)32-12(2)26/h6-9,18-21,23H,10H2,1-5H3,(H,24,30). The molecule has 36 heavy (non-hydrogen) atoms. The average molecular weight is 509 g/mol. The van der Waals surface area contributed by atoms with Gasteiger partial charge in [0, 0.05) is 34.6 Å². The summed E-state index contributed by atoms with van der Waals surface area (Å²) < 4.78 is 31.6. The summed E-state index contributed by atoms with van der Waals surface area (Å²) >= 11 is 0. The lowest BCUT2D eigenvalue weighted by molar-refractivity contribution is -0.270. The molecular weight excluding hydrogens is 482 g/mol. The van der Waals surface area contributed by atoms with Gasteiger partial charge in [0.2, 0.25) is 6.29 Å². The number of rotatable bonds is 8. The molecule has 1 aromatic carbocycles. The highest BCUT2D eigenvalue weighted by Crippen LogP contribution is 2.29. The Hall–Kier alpha value is -4.00. The minimum atomic E-state index is -1.55. The molecule has 0 aromatic heterocycles. The highest BCUT2D eigenvalue weighted by atomic mass is 16.7. The zero-order chi connectivity index (χ0) is 27.0. The normalized spacial score (nSPS) is 23.0. The van der Waals surface area contributed by atoms with Gasteiger partial charge >= 0.3 is 29.8 Å². The van der Waals surface area contributed by atoms with Crippen molar-refractivity contribution in [1.29, 1.82) is 0 Å². The topological polar surface area (TPSA) is 170 Å². The highest BCUT2D eigenvalue weighted by Gasteiger charge is 2.52. The average Bonchev–Trinajstić information content (AvgIpc) is 2.75. The molecule has 1 amide bonds. The lowest BCUT2D eigenvalue weighted by atomic mass is 9.95. The van der Waals surface area contributed by atoms with Gasteiger partial charge < -0.3 is 33.7 Å². The molecule has 0 radical (unpaired) electrons. The van der Waals surface area contributed by atoms with E-state index in [1.54, 1.807) is 6.07 Å². The predicted molar refractivity (Wildman–Crippen MR) is 117 cm³/mol. The Balaban J connectivity index is 2.50. The number of carbonyl (C=O) groups excluding carboxylic acids is 6. The van der Waals surface area contributed by atoms with Crippen molar-refractivity contribution >= 4 is 35.8 Å². The summed E-state index contributed by atoms with van der Waals surface area (Å²) in [6.07, 6.45) is -5.58.